The van der Waals surface area contributed by atoms with Gasteiger partial charge in [0.25, 0.3) is 0 Å². The minimum Gasteiger partial charge on any atom is -0.507 e. The maximum Gasteiger partial charge on any atom is 0.127 e. The lowest BCUT2D eigenvalue weighted by Crippen LogP contribution is -1.86. The quantitative estimate of drug-likeness (QED) is 0.784. The first-order valence-electron chi connectivity index (χ1n) is 4.44. The molecule has 0 aliphatic rings. The first-order chi connectivity index (χ1) is 6.83. The SMILES string of the molecule is O=CCCc1ccc2sccc2c1O. The maximum absolute atomic E-state index is 10.2. The molecule has 0 radical (unpaired) electrons. The van der Waals surface area contributed by atoms with E-state index in [1.807, 2.05) is 23.6 Å². The van der Waals surface area contributed by atoms with E-state index in [2.05, 4.69) is 0 Å². The highest BCUT2D eigenvalue weighted by Crippen LogP contribution is 2.32. The van der Waals surface area contributed by atoms with Crippen LogP contribution in [0.3, 0.4) is 0 Å². The molecular formula is C11H10O2S. The minimum absolute atomic E-state index is 0.325. The van der Waals surface area contributed by atoms with Crippen molar-refractivity contribution >= 4 is 27.7 Å². The number of aldehydes is 1. The van der Waals surface area contributed by atoms with Crippen molar-refractivity contribution < 1.29 is 9.90 Å². The smallest absolute Gasteiger partial charge is 0.127 e. The Hall–Kier alpha value is -1.35. The molecule has 1 N–H and O–H groups in total. The summed E-state index contributed by atoms with van der Waals surface area (Å²) in [6.45, 7) is 0. The summed E-state index contributed by atoms with van der Waals surface area (Å²) >= 11 is 1.60. The van der Waals surface area contributed by atoms with E-state index in [-0.39, 0.29) is 0 Å². The van der Waals surface area contributed by atoms with Crippen LogP contribution in [-0.2, 0) is 11.2 Å². The normalized spacial score (nSPS) is 10.6. The van der Waals surface area contributed by atoms with Gasteiger partial charge in [-0.1, -0.05) is 6.07 Å². The fourth-order valence-electron chi connectivity index (χ4n) is 1.49. The highest BCUT2D eigenvalue weighted by molar-refractivity contribution is 7.17. The lowest BCUT2D eigenvalue weighted by molar-refractivity contribution is -0.107. The second-order valence-corrected chi connectivity index (χ2v) is 4.06. The van der Waals surface area contributed by atoms with Gasteiger partial charge in [-0.25, -0.2) is 0 Å². The van der Waals surface area contributed by atoms with Crippen LogP contribution in [0.1, 0.15) is 12.0 Å². The van der Waals surface area contributed by atoms with Crippen molar-refractivity contribution in [1.82, 2.24) is 0 Å². The van der Waals surface area contributed by atoms with E-state index in [0.29, 0.717) is 18.6 Å². The molecule has 1 aromatic heterocycles. The lowest BCUT2D eigenvalue weighted by Gasteiger charge is -2.02. The summed E-state index contributed by atoms with van der Waals surface area (Å²) in [5.74, 6) is 0.325. The summed E-state index contributed by atoms with van der Waals surface area (Å²) in [5.41, 5.74) is 0.850. The molecule has 1 heterocycles. The zero-order valence-corrected chi connectivity index (χ0v) is 8.38. The van der Waals surface area contributed by atoms with Gasteiger partial charge < -0.3 is 9.90 Å². The molecule has 0 unspecified atom stereocenters. The van der Waals surface area contributed by atoms with Crippen LogP contribution in [0.25, 0.3) is 10.1 Å². The van der Waals surface area contributed by atoms with Gasteiger partial charge in [0.05, 0.1) is 0 Å². The van der Waals surface area contributed by atoms with Gasteiger partial charge >= 0.3 is 0 Å². The largest absolute Gasteiger partial charge is 0.507 e. The van der Waals surface area contributed by atoms with Crippen LogP contribution in [0.2, 0.25) is 0 Å². The van der Waals surface area contributed by atoms with Crippen molar-refractivity contribution in [1.29, 1.82) is 0 Å². The Balaban J connectivity index is 2.45. The van der Waals surface area contributed by atoms with Crippen LogP contribution in [0.15, 0.2) is 23.6 Å². The third-order valence-electron chi connectivity index (χ3n) is 2.22. The van der Waals surface area contributed by atoms with Gasteiger partial charge in [0.15, 0.2) is 0 Å². The Morgan fingerprint density at radius 2 is 2.21 bits per heavy atom. The fourth-order valence-corrected chi connectivity index (χ4v) is 2.28. The number of phenolic OH excluding ortho intramolecular Hbond substituents is 1. The van der Waals surface area contributed by atoms with E-state index in [1.165, 1.54) is 0 Å². The highest BCUT2D eigenvalue weighted by atomic mass is 32.1. The van der Waals surface area contributed by atoms with Crippen molar-refractivity contribution in [2.75, 3.05) is 0 Å². The third-order valence-corrected chi connectivity index (χ3v) is 3.10. The number of fused-ring (bicyclic) bond motifs is 1. The molecular weight excluding hydrogens is 196 g/mol. The molecule has 0 aliphatic heterocycles. The van der Waals surface area contributed by atoms with E-state index in [4.69, 9.17) is 0 Å². The third kappa shape index (κ3) is 1.51. The molecule has 0 spiro atoms. The summed E-state index contributed by atoms with van der Waals surface area (Å²) in [7, 11) is 0. The summed E-state index contributed by atoms with van der Waals surface area (Å²) in [4.78, 5) is 10.2. The molecule has 0 saturated carbocycles. The van der Waals surface area contributed by atoms with E-state index in [1.54, 1.807) is 11.3 Å². The number of carbonyl (C=O) groups is 1. The van der Waals surface area contributed by atoms with Gasteiger partial charge in [-0.15, -0.1) is 11.3 Å². The van der Waals surface area contributed by atoms with Crippen molar-refractivity contribution in [2.24, 2.45) is 0 Å². The lowest BCUT2D eigenvalue weighted by atomic mass is 10.1. The Morgan fingerprint density at radius 3 is 3.00 bits per heavy atom. The number of rotatable bonds is 3. The minimum atomic E-state index is 0.325. The van der Waals surface area contributed by atoms with Crippen LogP contribution in [-0.4, -0.2) is 11.4 Å². The summed E-state index contributed by atoms with van der Waals surface area (Å²) < 4.78 is 1.08. The Bertz CT molecular complexity index is 459. The summed E-state index contributed by atoms with van der Waals surface area (Å²) in [6.07, 6.45) is 1.95. The molecule has 0 saturated heterocycles. The van der Waals surface area contributed by atoms with Gasteiger partial charge in [0, 0.05) is 16.5 Å². The predicted molar refractivity (Wildman–Crippen MR) is 57.9 cm³/mol. The van der Waals surface area contributed by atoms with Crippen molar-refractivity contribution in [3.05, 3.63) is 29.1 Å². The van der Waals surface area contributed by atoms with Crippen molar-refractivity contribution in [2.45, 2.75) is 12.8 Å². The second kappa shape index (κ2) is 3.80. The van der Waals surface area contributed by atoms with Crippen molar-refractivity contribution in [3.63, 3.8) is 0 Å². The average molecular weight is 206 g/mol. The van der Waals surface area contributed by atoms with Crippen LogP contribution >= 0.6 is 11.3 Å². The van der Waals surface area contributed by atoms with E-state index >= 15 is 0 Å². The zero-order chi connectivity index (χ0) is 9.97. The number of benzene rings is 1. The molecule has 2 nitrogen and oxygen atoms in total. The number of hydrogen-bond acceptors (Lipinski definition) is 3. The van der Waals surface area contributed by atoms with Crippen LogP contribution < -0.4 is 0 Å². The van der Waals surface area contributed by atoms with Gasteiger partial charge in [0.2, 0.25) is 0 Å². The van der Waals surface area contributed by atoms with E-state index in [0.717, 1.165) is 21.9 Å². The first-order valence-corrected chi connectivity index (χ1v) is 5.32. The topological polar surface area (TPSA) is 37.3 Å². The van der Waals surface area contributed by atoms with Gasteiger partial charge in [0.1, 0.15) is 12.0 Å². The molecule has 14 heavy (non-hydrogen) atoms. The summed E-state index contributed by atoms with van der Waals surface area (Å²) in [5, 5.41) is 12.7. The van der Waals surface area contributed by atoms with Gasteiger partial charge in [-0.05, 0) is 29.5 Å². The molecule has 2 rings (SSSR count). The van der Waals surface area contributed by atoms with Crippen LogP contribution in [0, 0.1) is 0 Å². The predicted octanol–water partition coefficient (Wildman–Crippen LogP) is 2.74. The molecule has 0 aliphatic carbocycles. The first kappa shape index (κ1) is 9.21. The van der Waals surface area contributed by atoms with Crippen LogP contribution in [0.4, 0.5) is 0 Å². The number of carbonyl (C=O) groups excluding carboxylic acids is 1. The molecule has 1 aromatic carbocycles. The molecule has 2 aromatic rings. The van der Waals surface area contributed by atoms with Gasteiger partial charge in [-0.2, -0.15) is 0 Å². The van der Waals surface area contributed by atoms with Crippen LogP contribution in [0.5, 0.6) is 5.75 Å². The summed E-state index contributed by atoms with van der Waals surface area (Å²) in [6, 6.07) is 5.78. The fraction of sp³-hybridized carbons (Fsp3) is 0.182. The Kier molecular flexibility index (Phi) is 2.50. The molecule has 0 atom stereocenters. The number of aryl methyl sites for hydroxylation is 1. The molecule has 0 bridgehead atoms. The molecule has 72 valence electrons. The number of phenols is 1. The Labute approximate surface area is 85.8 Å². The maximum atomic E-state index is 10.2. The molecule has 0 amide bonds. The zero-order valence-electron chi connectivity index (χ0n) is 7.56. The van der Waals surface area contributed by atoms with E-state index < -0.39 is 0 Å². The monoisotopic (exact) mass is 206 g/mol. The Morgan fingerprint density at radius 1 is 1.36 bits per heavy atom. The average Bonchev–Trinajstić information content (AvgIpc) is 2.66. The standard InChI is InChI=1S/C11H10O2S/c12-6-1-2-8-3-4-10-9(11(8)13)5-7-14-10/h3-7,13H,1-2H2. The number of hydrogen-bond donors (Lipinski definition) is 1. The number of aromatic hydroxyl groups is 1. The second-order valence-electron chi connectivity index (χ2n) is 3.11. The van der Waals surface area contributed by atoms with Gasteiger partial charge in [-0.3, -0.25) is 0 Å². The molecule has 0 fully saturated rings. The van der Waals surface area contributed by atoms with Crippen molar-refractivity contribution in [3.8, 4) is 5.75 Å². The number of thiophene rings is 1. The molecule has 3 heteroatoms. The highest BCUT2D eigenvalue weighted by Gasteiger charge is 2.06. The van der Waals surface area contributed by atoms with E-state index in [9.17, 15) is 9.90 Å².